The van der Waals surface area contributed by atoms with Gasteiger partial charge < -0.3 is 4.74 Å². The number of non-ortho nitro benzene ring substituents is 1. The van der Waals surface area contributed by atoms with Crippen molar-refractivity contribution in [3.63, 3.8) is 0 Å². The number of hydrogen-bond donors (Lipinski definition) is 0. The maximum Gasteiger partial charge on any atom is 0.328 e. The van der Waals surface area contributed by atoms with E-state index in [-0.39, 0.29) is 11.5 Å². The maximum atomic E-state index is 13.1. The van der Waals surface area contributed by atoms with E-state index in [0.717, 1.165) is 0 Å². The highest BCUT2D eigenvalue weighted by molar-refractivity contribution is 8.01. The lowest BCUT2D eigenvalue weighted by atomic mass is 9.37. The first-order valence-electron chi connectivity index (χ1n) is 8.88. The van der Waals surface area contributed by atoms with Crippen LogP contribution in [0.1, 0.15) is 39.2 Å². The van der Waals surface area contributed by atoms with E-state index in [1.165, 1.54) is 31.0 Å². The van der Waals surface area contributed by atoms with Crippen molar-refractivity contribution in [1.82, 2.24) is 0 Å². The van der Waals surface area contributed by atoms with Crippen LogP contribution in [0.3, 0.4) is 0 Å². The van der Waals surface area contributed by atoms with Crippen LogP contribution in [0.4, 0.5) is 5.69 Å². The van der Waals surface area contributed by atoms with Gasteiger partial charge in [-0.05, 0) is 5.56 Å². The number of nitrogens with zero attached hydrogens (tertiary/aromatic N) is 2. The number of esters is 1. The third-order valence-electron chi connectivity index (χ3n) is 6.63. The molecule has 1 aliphatic carbocycles. The van der Waals surface area contributed by atoms with Gasteiger partial charge in [-0.15, -0.1) is 0 Å². The summed E-state index contributed by atoms with van der Waals surface area (Å²) in [5.74, 6) is -0.791. The molecule has 2 aliphatic rings. The molecular formula is C20H22N2O5S. The zero-order chi connectivity index (χ0) is 21.1. The molecule has 0 radical (unpaired) electrons. The summed E-state index contributed by atoms with van der Waals surface area (Å²) in [5, 5.41) is 21.3. The number of rotatable bonds is 3. The second kappa shape index (κ2) is 6.05. The van der Waals surface area contributed by atoms with Crippen molar-refractivity contribution >= 4 is 29.2 Å². The quantitative estimate of drug-likeness (QED) is 0.432. The number of nitro groups is 1. The predicted octanol–water partition coefficient (Wildman–Crippen LogP) is 3.48. The smallest absolute Gasteiger partial charge is 0.328 e. The van der Waals surface area contributed by atoms with Gasteiger partial charge in [-0.3, -0.25) is 19.7 Å². The molecule has 2 fully saturated rings. The van der Waals surface area contributed by atoms with Gasteiger partial charge in [-0.1, -0.05) is 39.8 Å². The molecule has 3 rings (SSSR count). The van der Waals surface area contributed by atoms with Gasteiger partial charge in [0.1, 0.15) is 5.78 Å². The zero-order valence-electron chi connectivity index (χ0n) is 16.4. The fourth-order valence-electron chi connectivity index (χ4n) is 5.68. The molecule has 1 spiro atoms. The van der Waals surface area contributed by atoms with Crippen LogP contribution >= 0.6 is 11.8 Å². The Morgan fingerprint density at radius 2 is 1.79 bits per heavy atom. The van der Waals surface area contributed by atoms with Crippen LogP contribution < -0.4 is 0 Å². The number of hydrogen-bond acceptors (Lipinski definition) is 7. The summed E-state index contributed by atoms with van der Waals surface area (Å²) < 4.78 is 4.13. The van der Waals surface area contributed by atoms with E-state index in [1.807, 2.05) is 0 Å². The van der Waals surface area contributed by atoms with E-state index >= 15 is 0 Å². The van der Waals surface area contributed by atoms with Crippen molar-refractivity contribution in [1.29, 1.82) is 5.26 Å². The van der Waals surface area contributed by atoms with E-state index in [4.69, 9.17) is 4.74 Å². The van der Waals surface area contributed by atoms with Crippen LogP contribution in [0.5, 0.6) is 0 Å². The maximum absolute atomic E-state index is 13.1. The van der Waals surface area contributed by atoms with Gasteiger partial charge >= 0.3 is 5.97 Å². The van der Waals surface area contributed by atoms with Crippen molar-refractivity contribution in [2.45, 2.75) is 38.4 Å². The number of benzene rings is 1. The van der Waals surface area contributed by atoms with Gasteiger partial charge in [0.05, 0.1) is 22.8 Å². The Bertz CT molecular complexity index is 898. The van der Waals surface area contributed by atoms with Crippen molar-refractivity contribution in [3.05, 3.63) is 39.9 Å². The topological polar surface area (TPSA) is 110 Å². The zero-order valence-corrected chi connectivity index (χ0v) is 17.3. The molecule has 1 aliphatic heterocycles. The second-order valence-corrected chi connectivity index (χ2v) is 9.62. The molecule has 0 amide bonds. The summed E-state index contributed by atoms with van der Waals surface area (Å²) in [6.07, 6.45) is 0. The van der Waals surface area contributed by atoms with Crippen LogP contribution in [-0.2, 0) is 14.3 Å². The molecule has 1 heterocycles. The van der Waals surface area contributed by atoms with Gasteiger partial charge in [-0.25, -0.2) is 0 Å². The number of carbonyl (C=O) groups excluding carboxylic acids is 2. The highest BCUT2D eigenvalue weighted by atomic mass is 32.2. The Hall–Kier alpha value is -2.40. The summed E-state index contributed by atoms with van der Waals surface area (Å²) in [6.45, 7) is 7.11. The number of methoxy groups -OCH3 is 1. The molecule has 0 unspecified atom stereocenters. The lowest BCUT2D eigenvalue weighted by Crippen LogP contribution is -2.78. The van der Waals surface area contributed by atoms with Gasteiger partial charge in [0, 0.05) is 34.6 Å². The standard InChI is InChI=1S/C20H22N2O5S/c1-17(2)15(23)18(3,4)20(17)19(11-21,16(24)27-5)14(10-28-20)12-6-8-13(9-7-12)22(25)26/h6-9,14H,10H2,1-5H3/t14-,19+/m1/s1. The van der Waals surface area contributed by atoms with E-state index in [0.29, 0.717) is 11.3 Å². The first kappa shape index (κ1) is 20.3. The largest absolute Gasteiger partial charge is 0.468 e. The van der Waals surface area contributed by atoms with Crippen molar-refractivity contribution in [3.8, 4) is 6.07 Å². The first-order chi connectivity index (χ1) is 13.0. The number of nitro benzene ring substituents is 1. The van der Waals surface area contributed by atoms with E-state index in [1.54, 1.807) is 39.8 Å². The molecule has 28 heavy (non-hydrogen) atoms. The molecule has 0 N–H and O–H groups in total. The third kappa shape index (κ3) is 2.00. The highest BCUT2D eigenvalue weighted by Crippen LogP contribution is 2.78. The summed E-state index contributed by atoms with van der Waals surface area (Å²) in [7, 11) is 1.24. The summed E-state index contributed by atoms with van der Waals surface area (Å²) in [6, 6.07) is 8.16. The second-order valence-electron chi connectivity index (χ2n) is 8.38. The number of nitriles is 1. The SMILES string of the molecule is COC(=O)[C@]1(C#N)[C@@H](c2ccc([N+](=O)[O-])cc2)CSC12C(C)(C)C(=O)C2(C)C. The fourth-order valence-corrected chi connectivity index (χ4v) is 7.95. The summed E-state index contributed by atoms with van der Waals surface area (Å²) in [5.41, 5.74) is -2.82. The Kier molecular flexibility index (Phi) is 4.39. The summed E-state index contributed by atoms with van der Waals surface area (Å²) in [4.78, 5) is 36.5. The Labute approximate surface area is 167 Å². The first-order valence-corrected chi connectivity index (χ1v) is 9.87. The minimum atomic E-state index is -1.59. The van der Waals surface area contributed by atoms with Crippen LogP contribution in [0.2, 0.25) is 0 Å². The minimum absolute atomic E-state index is 0.000350. The Morgan fingerprint density at radius 1 is 1.25 bits per heavy atom. The number of Topliss-reactive ketones (excluding diaryl/α,β-unsaturated/α-hetero) is 1. The van der Waals surface area contributed by atoms with E-state index in [2.05, 4.69) is 6.07 Å². The normalized spacial score (nSPS) is 29.0. The lowest BCUT2D eigenvalue weighted by Gasteiger charge is -2.67. The van der Waals surface area contributed by atoms with Gasteiger partial charge in [-0.2, -0.15) is 17.0 Å². The minimum Gasteiger partial charge on any atom is -0.468 e. The molecule has 2 atom stereocenters. The van der Waals surface area contributed by atoms with Crippen LogP contribution in [-0.4, -0.2) is 34.3 Å². The third-order valence-corrected chi connectivity index (χ3v) is 8.91. The Morgan fingerprint density at radius 3 is 2.21 bits per heavy atom. The summed E-state index contributed by atoms with van der Waals surface area (Å²) >= 11 is 1.46. The van der Waals surface area contributed by atoms with Crippen molar-refractivity contribution in [2.24, 2.45) is 16.2 Å². The number of thioether (sulfide) groups is 1. The van der Waals surface area contributed by atoms with E-state index < -0.39 is 37.8 Å². The van der Waals surface area contributed by atoms with Crippen LogP contribution in [0.25, 0.3) is 0 Å². The van der Waals surface area contributed by atoms with Gasteiger partial charge in [0.2, 0.25) is 0 Å². The molecule has 0 bridgehead atoms. The van der Waals surface area contributed by atoms with Crippen molar-refractivity contribution < 1.29 is 19.2 Å². The molecule has 7 nitrogen and oxygen atoms in total. The van der Waals surface area contributed by atoms with Crippen LogP contribution in [0, 0.1) is 37.7 Å². The van der Waals surface area contributed by atoms with E-state index in [9.17, 15) is 25.0 Å². The molecule has 1 aromatic rings. The molecule has 1 saturated heterocycles. The monoisotopic (exact) mass is 402 g/mol. The number of ketones is 1. The predicted molar refractivity (Wildman–Crippen MR) is 104 cm³/mol. The Balaban J connectivity index is 2.24. The molecule has 148 valence electrons. The molecule has 0 aromatic heterocycles. The lowest BCUT2D eigenvalue weighted by molar-refractivity contribution is -0.384. The fraction of sp³-hybridized carbons (Fsp3) is 0.550. The molecule has 1 aromatic carbocycles. The molecular weight excluding hydrogens is 380 g/mol. The van der Waals surface area contributed by atoms with Gasteiger partial charge in [0.15, 0.2) is 5.41 Å². The molecule has 8 heteroatoms. The number of ether oxygens (including phenoxy) is 1. The highest BCUT2D eigenvalue weighted by Gasteiger charge is 2.86. The average Bonchev–Trinajstić information content (AvgIpc) is 3.05. The van der Waals surface area contributed by atoms with Crippen molar-refractivity contribution in [2.75, 3.05) is 12.9 Å². The van der Waals surface area contributed by atoms with Crippen LogP contribution in [0.15, 0.2) is 24.3 Å². The average molecular weight is 402 g/mol. The number of carbonyl (C=O) groups is 2. The van der Waals surface area contributed by atoms with Gasteiger partial charge in [0.25, 0.3) is 5.69 Å². The molecule has 1 saturated carbocycles.